The van der Waals surface area contributed by atoms with Crippen molar-refractivity contribution in [3.63, 3.8) is 0 Å². The molecule has 0 unspecified atom stereocenters. The van der Waals surface area contributed by atoms with E-state index in [4.69, 9.17) is 10.5 Å². The van der Waals surface area contributed by atoms with Crippen LogP contribution in [0.5, 0.6) is 0 Å². The third kappa shape index (κ3) is 1.69. The number of hydrogen-bond acceptors (Lipinski definition) is 3. The zero-order chi connectivity index (χ0) is 11.5. The summed E-state index contributed by atoms with van der Waals surface area (Å²) in [6.07, 6.45) is 3.26. The highest BCUT2D eigenvalue weighted by atomic mass is 79.9. The van der Waals surface area contributed by atoms with Crippen LogP contribution in [0.3, 0.4) is 0 Å². The molecule has 0 radical (unpaired) electrons. The quantitative estimate of drug-likeness (QED) is 0.801. The van der Waals surface area contributed by atoms with Gasteiger partial charge in [-0.1, -0.05) is 0 Å². The zero-order valence-electron chi connectivity index (χ0n) is 8.05. The van der Waals surface area contributed by atoms with Crippen LogP contribution in [0.4, 0.5) is 0 Å². The average molecular weight is 273 g/mol. The maximum Gasteiger partial charge on any atom is 0.217 e. The largest absolute Gasteiger partial charge is 0.291 e. The van der Waals surface area contributed by atoms with Crippen molar-refractivity contribution in [2.75, 3.05) is 0 Å². The highest BCUT2D eigenvalue weighted by Crippen LogP contribution is 2.20. The minimum atomic E-state index is 0.316. The van der Waals surface area contributed by atoms with Crippen molar-refractivity contribution in [3.05, 3.63) is 46.5 Å². The first-order valence-corrected chi connectivity index (χ1v) is 5.19. The molecule has 0 saturated carbocycles. The predicted octanol–water partition coefficient (Wildman–Crippen LogP) is 2.38. The number of nitriles is 2. The van der Waals surface area contributed by atoms with Gasteiger partial charge in [0.1, 0.15) is 12.1 Å². The summed E-state index contributed by atoms with van der Waals surface area (Å²) in [4.78, 5) is 3.90. The van der Waals surface area contributed by atoms with E-state index in [0.717, 1.165) is 5.69 Å². The fourth-order valence-electron chi connectivity index (χ4n) is 1.34. The number of hydrogen-bond donors (Lipinski definition) is 0. The van der Waals surface area contributed by atoms with Gasteiger partial charge in [-0.2, -0.15) is 10.5 Å². The monoisotopic (exact) mass is 272 g/mol. The molecule has 0 aliphatic carbocycles. The molecular weight excluding hydrogens is 268 g/mol. The van der Waals surface area contributed by atoms with E-state index in [9.17, 15) is 0 Å². The van der Waals surface area contributed by atoms with Gasteiger partial charge in [-0.15, -0.1) is 0 Å². The highest BCUT2D eigenvalue weighted by Gasteiger charge is 2.06. The molecule has 16 heavy (non-hydrogen) atoms. The Morgan fingerprint density at radius 1 is 1.25 bits per heavy atom. The van der Waals surface area contributed by atoms with Gasteiger partial charge in [0.25, 0.3) is 0 Å². The van der Waals surface area contributed by atoms with Crippen molar-refractivity contribution in [1.29, 1.82) is 10.5 Å². The number of halogens is 1. The second-order valence-corrected chi connectivity index (χ2v) is 3.86. The van der Waals surface area contributed by atoms with Crippen molar-refractivity contribution in [2.45, 2.75) is 0 Å². The summed E-state index contributed by atoms with van der Waals surface area (Å²) in [6, 6.07) is 9.30. The molecule has 0 bridgehead atoms. The lowest BCUT2D eigenvalue weighted by atomic mass is 10.2. The van der Waals surface area contributed by atoms with Crippen LogP contribution in [0.2, 0.25) is 0 Å². The number of nitrogens with zero attached hydrogens (tertiary/aromatic N) is 4. The van der Waals surface area contributed by atoms with Gasteiger partial charge in [-0.05, 0) is 34.1 Å². The van der Waals surface area contributed by atoms with Crippen molar-refractivity contribution < 1.29 is 0 Å². The number of rotatable bonds is 1. The second-order valence-electron chi connectivity index (χ2n) is 3.01. The minimum absolute atomic E-state index is 0.316. The van der Waals surface area contributed by atoms with Gasteiger partial charge >= 0.3 is 0 Å². The lowest BCUT2D eigenvalue weighted by molar-refractivity contribution is 1.02. The van der Waals surface area contributed by atoms with E-state index < -0.39 is 0 Å². The Morgan fingerprint density at radius 3 is 2.69 bits per heavy atom. The summed E-state index contributed by atoms with van der Waals surface area (Å²) in [5, 5.41) is 17.6. The van der Waals surface area contributed by atoms with Gasteiger partial charge in [0, 0.05) is 22.6 Å². The molecule has 0 fully saturated rings. The summed E-state index contributed by atoms with van der Waals surface area (Å²) in [5.74, 6) is 0.316. The van der Waals surface area contributed by atoms with Gasteiger partial charge in [0.2, 0.25) is 5.82 Å². The zero-order valence-corrected chi connectivity index (χ0v) is 9.64. The fraction of sp³-hybridized carbons (Fsp3) is 0. The molecule has 0 amide bonds. The maximum absolute atomic E-state index is 8.84. The van der Waals surface area contributed by atoms with Crippen LogP contribution in [-0.2, 0) is 0 Å². The molecule has 0 spiro atoms. The first-order valence-electron chi connectivity index (χ1n) is 4.39. The van der Waals surface area contributed by atoms with Crippen LogP contribution in [0.15, 0.2) is 35.1 Å². The molecule has 0 N–H and O–H groups in total. The SMILES string of the molecule is N#Cc1ccc(-n2ccnc2C#N)cc1Br. The van der Waals surface area contributed by atoms with E-state index >= 15 is 0 Å². The summed E-state index contributed by atoms with van der Waals surface area (Å²) >= 11 is 3.30. The smallest absolute Gasteiger partial charge is 0.217 e. The van der Waals surface area contributed by atoms with E-state index in [1.165, 1.54) is 0 Å². The fourth-order valence-corrected chi connectivity index (χ4v) is 1.79. The van der Waals surface area contributed by atoms with E-state index in [2.05, 4.69) is 27.0 Å². The predicted molar refractivity (Wildman–Crippen MR) is 60.7 cm³/mol. The Labute approximate surface area is 101 Å². The van der Waals surface area contributed by atoms with Gasteiger partial charge < -0.3 is 0 Å². The Bertz CT molecular complexity index is 616. The Balaban J connectivity index is 2.56. The molecule has 76 valence electrons. The molecule has 2 aromatic rings. The number of imidazole rings is 1. The molecule has 1 aromatic heterocycles. The van der Waals surface area contributed by atoms with Crippen molar-refractivity contribution >= 4 is 15.9 Å². The third-order valence-electron chi connectivity index (χ3n) is 2.09. The lowest BCUT2D eigenvalue weighted by Crippen LogP contribution is -1.96. The van der Waals surface area contributed by atoms with Crippen LogP contribution in [0.1, 0.15) is 11.4 Å². The molecule has 0 saturated heterocycles. The summed E-state index contributed by atoms with van der Waals surface area (Å²) in [6.45, 7) is 0. The highest BCUT2D eigenvalue weighted by molar-refractivity contribution is 9.10. The summed E-state index contributed by atoms with van der Waals surface area (Å²) in [7, 11) is 0. The van der Waals surface area contributed by atoms with Gasteiger partial charge in [0.05, 0.1) is 5.56 Å². The number of benzene rings is 1. The van der Waals surface area contributed by atoms with Gasteiger partial charge in [-0.25, -0.2) is 4.98 Å². The van der Waals surface area contributed by atoms with E-state index in [1.54, 1.807) is 35.2 Å². The van der Waals surface area contributed by atoms with Crippen LogP contribution in [0.25, 0.3) is 5.69 Å². The van der Waals surface area contributed by atoms with Crippen molar-refractivity contribution in [2.24, 2.45) is 0 Å². The lowest BCUT2D eigenvalue weighted by Gasteiger charge is -2.04. The average Bonchev–Trinajstić information content (AvgIpc) is 2.77. The normalized spacial score (nSPS) is 9.44. The minimum Gasteiger partial charge on any atom is -0.291 e. The first-order chi connectivity index (χ1) is 7.76. The van der Waals surface area contributed by atoms with Crippen LogP contribution in [0, 0.1) is 22.7 Å². The van der Waals surface area contributed by atoms with Crippen molar-refractivity contribution in [1.82, 2.24) is 9.55 Å². The molecule has 2 rings (SSSR count). The van der Waals surface area contributed by atoms with E-state index in [0.29, 0.717) is 15.9 Å². The van der Waals surface area contributed by atoms with Gasteiger partial charge in [-0.3, -0.25) is 4.57 Å². The van der Waals surface area contributed by atoms with Crippen molar-refractivity contribution in [3.8, 4) is 17.8 Å². The molecule has 1 aromatic carbocycles. The standard InChI is InChI=1S/C11H5BrN4/c12-10-5-9(2-1-8(10)6-13)16-4-3-15-11(16)7-14/h1-5H. The first kappa shape index (κ1) is 10.4. The second kappa shape index (κ2) is 4.18. The molecule has 4 nitrogen and oxygen atoms in total. The molecular formula is C11H5BrN4. The molecule has 1 heterocycles. The molecule has 0 aliphatic heterocycles. The summed E-state index contributed by atoms with van der Waals surface area (Å²) in [5.41, 5.74) is 1.35. The number of aromatic nitrogens is 2. The topological polar surface area (TPSA) is 65.4 Å². The van der Waals surface area contributed by atoms with Crippen LogP contribution >= 0.6 is 15.9 Å². The Morgan fingerprint density at radius 2 is 2.06 bits per heavy atom. The molecule has 0 atom stereocenters. The van der Waals surface area contributed by atoms with Crippen LogP contribution in [-0.4, -0.2) is 9.55 Å². The summed E-state index contributed by atoms with van der Waals surface area (Å²) < 4.78 is 2.36. The third-order valence-corrected chi connectivity index (χ3v) is 2.75. The molecule has 5 heteroatoms. The molecule has 0 aliphatic rings. The van der Waals surface area contributed by atoms with Crippen LogP contribution < -0.4 is 0 Å². The van der Waals surface area contributed by atoms with Gasteiger partial charge in [0.15, 0.2) is 0 Å². The maximum atomic E-state index is 8.84. The Hall–Kier alpha value is -2.11. The Kier molecular flexibility index (Phi) is 2.72. The van der Waals surface area contributed by atoms with E-state index in [-0.39, 0.29) is 0 Å². The van der Waals surface area contributed by atoms with E-state index in [1.807, 2.05) is 6.07 Å².